The molecule has 0 N–H and O–H groups in total. The minimum Gasteiger partial charge on any atom is -0.294 e. The fraction of sp³-hybridized carbons (Fsp3) is 1.00. The van der Waals surface area contributed by atoms with Gasteiger partial charge in [0.1, 0.15) is 0 Å². The van der Waals surface area contributed by atoms with Crippen molar-refractivity contribution >= 4 is 11.8 Å². The van der Waals surface area contributed by atoms with Gasteiger partial charge in [-0.1, -0.05) is 0 Å². The Balaban J connectivity index is 2.08. The molecule has 0 aromatic carbocycles. The summed E-state index contributed by atoms with van der Waals surface area (Å²) in [7, 11) is 0. The predicted octanol–water partition coefficient (Wildman–Crippen LogP) is 1.97. The molecule has 2 fully saturated rings. The average molecular weight is 171 g/mol. The van der Waals surface area contributed by atoms with Crippen LogP contribution in [-0.4, -0.2) is 34.0 Å². The Labute approximate surface area is 73.5 Å². The van der Waals surface area contributed by atoms with E-state index in [-0.39, 0.29) is 0 Å². The van der Waals surface area contributed by atoms with Crippen LogP contribution >= 0.6 is 11.8 Å². The molecule has 0 saturated carbocycles. The highest BCUT2D eigenvalue weighted by molar-refractivity contribution is 8.00. The van der Waals surface area contributed by atoms with Gasteiger partial charge in [-0.3, -0.25) is 4.90 Å². The first kappa shape index (κ1) is 7.93. The molecule has 2 atom stereocenters. The zero-order chi connectivity index (χ0) is 8.06. The molecule has 0 aromatic rings. The van der Waals surface area contributed by atoms with E-state index in [2.05, 4.69) is 37.4 Å². The molecular formula is C9H17NS. The Kier molecular flexibility index (Phi) is 1.73. The average Bonchev–Trinajstić information content (AvgIpc) is 2.42. The lowest BCUT2D eigenvalue weighted by atomic mass is 10.1. The number of nitrogens with zero attached hydrogens (tertiary/aromatic N) is 1. The number of rotatable bonds is 0. The number of hydrogen-bond acceptors (Lipinski definition) is 2. The van der Waals surface area contributed by atoms with Crippen molar-refractivity contribution in [3.8, 4) is 0 Å². The molecular weight excluding hydrogens is 154 g/mol. The first-order chi connectivity index (χ1) is 5.07. The summed E-state index contributed by atoms with van der Waals surface area (Å²) in [5.41, 5.74) is 0.403. The molecule has 0 unspecified atom stereocenters. The van der Waals surface area contributed by atoms with Crippen molar-refractivity contribution in [2.45, 2.75) is 44.0 Å². The molecule has 2 bridgehead atoms. The zero-order valence-corrected chi connectivity index (χ0v) is 8.45. The van der Waals surface area contributed by atoms with Crippen LogP contribution in [-0.2, 0) is 0 Å². The Morgan fingerprint density at radius 2 is 2.09 bits per heavy atom. The van der Waals surface area contributed by atoms with Crippen molar-refractivity contribution in [1.82, 2.24) is 4.90 Å². The van der Waals surface area contributed by atoms with E-state index >= 15 is 0 Å². The smallest absolute Gasteiger partial charge is 0.0203 e. The van der Waals surface area contributed by atoms with Gasteiger partial charge in [0.15, 0.2) is 0 Å². The van der Waals surface area contributed by atoms with Crippen molar-refractivity contribution in [2.24, 2.45) is 0 Å². The third-order valence-electron chi connectivity index (χ3n) is 2.76. The van der Waals surface area contributed by atoms with Crippen molar-refractivity contribution < 1.29 is 0 Å². The summed E-state index contributed by atoms with van der Waals surface area (Å²) in [5, 5.41) is 0.958. The molecule has 0 amide bonds. The predicted molar refractivity (Wildman–Crippen MR) is 51.1 cm³/mol. The number of fused-ring (bicyclic) bond motifs is 2. The Morgan fingerprint density at radius 1 is 1.36 bits per heavy atom. The van der Waals surface area contributed by atoms with Crippen LogP contribution in [0.2, 0.25) is 0 Å². The maximum atomic E-state index is 2.67. The van der Waals surface area contributed by atoms with Gasteiger partial charge in [-0.05, 0) is 27.2 Å². The Bertz CT molecular complexity index is 161. The van der Waals surface area contributed by atoms with E-state index in [0.717, 1.165) is 11.3 Å². The van der Waals surface area contributed by atoms with Gasteiger partial charge in [0.25, 0.3) is 0 Å². The van der Waals surface area contributed by atoms with E-state index < -0.39 is 0 Å². The van der Waals surface area contributed by atoms with E-state index in [9.17, 15) is 0 Å². The molecule has 2 heterocycles. The lowest BCUT2D eigenvalue weighted by Crippen LogP contribution is -2.47. The van der Waals surface area contributed by atoms with E-state index in [1.807, 2.05) is 0 Å². The lowest BCUT2D eigenvalue weighted by Gasteiger charge is -2.38. The highest BCUT2D eigenvalue weighted by atomic mass is 32.2. The fourth-order valence-corrected chi connectivity index (χ4v) is 3.66. The van der Waals surface area contributed by atoms with Crippen LogP contribution in [0.1, 0.15) is 27.2 Å². The first-order valence-electron chi connectivity index (χ1n) is 4.46. The normalized spacial score (nSPS) is 38.5. The second kappa shape index (κ2) is 2.40. The second-order valence-corrected chi connectivity index (χ2v) is 6.00. The van der Waals surface area contributed by atoms with Gasteiger partial charge in [0, 0.05) is 29.1 Å². The fourth-order valence-electron chi connectivity index (χ4n) is 2.22. The number of likely N-dealkylation sites (tertiary alicyclic amines) is 1. The summed E-state index contributed by atoms with van der Waals surface area (Å²) in [6.45, 7) is 8.33. The van der Waals surface area contributed by atoms with Crippen LogP contribution in [0.3, 0.4) is 0 Å². The highest BCUT2D eigenvalue weighted by Gasteiger charge is 2.42. The maximum Gasteiger partial charge on any atom is 0.0203 e. The number of hydrogen-bond donors (Lipinski definition) is 0. The van der Waals surface area contributed by atoms with Crippen molar-refractivity contribution in [1.29, 1.82) is 0 Å². The van der Waals surface area contributed by atoms with Crippen LogP contribution in [0.4, 0.5) is 0 Å². The van der Waals surface area contributed by atoms with Crippen molar-refractivity contribution in [3.05, 3.63) is 0 Å². The van der Waals surface area contributed by atoms with E-state index in [1.54, 1.807) is 0 Å². The topological polar surface area (TPSA) is 3.24 Å². The molecule has 2 heteroatoms. The zero-order valence-electron chi connectivity index (χ0n) is 7.63. The Morgan fingerprint density at radius 3 is 2.36 bits per heavy atom. The molecule has 1 nitrogen and oxygen atoms in total. The third kappa shape index (κ3) is 1.31. The first-order valence-corrected chi connectivity index (χ1v) is 5.50. The summed E-state index contributed by atoms with van der Waals surface area (Å²) in [5.74, 6) is 1.38. The van der Waals surface area contributed by atoms with Gasteiger partial charge in [0.05, 0.1) is 0 Å². The van der Waals surface area contributed by atoms with Gasteiger partial charge in [-0.2, -0.15) is 11.8 Å². The molecule has 2 aliphatic heterocycles. The molecule has 0 aliphatic carbocycles. The third-order valence-corrected chi connectivity index (χ3v) is 4.15. The maximum absolute atomic E-state index is 2.67. The second-order valence-electron chi connectivity index (χ2n) is 4.67. The van der Waals surface area contributed by atoms with Crippen molar-refractivity contribution in [2.75, 3.05) is 12.3 Å². The van der Waals surface area contributed by atoms with Crippen LogP contribution < -0.4 is 0 Å². The largest absolute Gasteiger partial charge is 0.294 e. The SMILES string of the molecule is CC(C)(C)N1C[C@@H]2C[C@H]1CS2. The highest BCUT2D eigenvalue weighted by Crippen LogP contribution is 2.40. The van der Waals surface area contributed by atoms with Crippen LogP contribution in [0.25, 0.3) is 0 Å². The van der Waals surface area contributed by atoms with Gasteiger partial charge < -0.3 is 0 Å². The minimum absolute atomic E-state index is 0.403. The lowest BCUT2D eigenvalue weighted by molar-refractivity contribution is 0.131. The molecule has 0 spiro atoms. The quantitative estimate of drug-likeness (QED) is 0.548. The molecule has 11 heavy (non-hydrogen) atoms. The van der Waals surface area contributed by atoms with Crippen molar-refractivity contribution in [3.63, 3.8) is 0 Å². The van der Waals surface area contributed by atoms with Gasteiger partial charge in [0.2, 0.25) is 0 Å². The van der Waals surface area contributed by atoms with E-state index in [1.165, 1.54) is 18.7 Å². The van der Waals surface area contributed by atoms with E-state index in [0.29, 0.717) is 5.54 Å². The van der Waals surface area contributed by atoms with Gasteiger partial charge in [-0.15, -0.1) is 0 Å². The standard InChI is InChI=1S/C9H17NS/c1-9(2,3)10-5-8-4-7(10)6-11-8/h7-8H,4-6H2,1-3H3/t7-,8-/m0/s1. The summed E-state index contributed by atoms with van der Waals surface area (Å²) < 4.78 is 0. The molecule has 2 rings (SSSR count). The van der Waals surface area contributed by atoms with Crippen LogP contribution in [0.5, 0.6) is 0 Å². The van der Waals surface area contributed by atoms with Crippen LogP contribution in [0, 0.1) is 0 Å². The molecule has 0 radical (unpaired) electrons. The summed E-state index contributed by atoms with van der Waals surface area (Å²) in [6.07, 6.45) is 1.45. The van der Waals surface area contributed by atoms with E-state index in [4.69, 9.17) is 0 Å². The van der Waals surface area contributed by atoms with Gasteiger partial charge in [-0.25, -0.2) is 0 Å². The Hall–Kier alpha value is 0.310. The molecule has 2 saturated heterocycles. The number of thioether (sulfide) groups is 1. The summed E-state index contributed by atoms with van der Waals surface area (Å²) in [4.78, 5) is 2.67. The molecule has 64 valence electrons. The molecule has 0 aromatic heterocycles. The molecule has 2 aliphatic rings. The monoisotopic (exact) mass is 171 g/mol. The van der Waals surface area contributed by atoms with Gasteiger partial charge >= 0.3 is 0 Å². The summed E-state index contributed by atoms with van der Waals surface area (Å²) >= 11 is 2.17. The van der Waals surface area contributed by atoms with Crippen LogP contribution in [0.15, 0.2) is 0 Å². The minimum atomic E-state index is 0.403. The summed E-state index contributed by atoms with van der Waals surface area (Å²) in [6, 6.07) is 0.894.